The number of rotatable bonds is 4. The Hall–Kier alpha value is -1.59. The molecule has 0 aliphatic heterocycles. The lowest BCUT2D eigenvalue weighted by atomic mass is 10.2. The quantitative estimate of drug-likeness (QED) is 0.500. The van der Waals surface area contributed by atoms with Gasteiger partial charge in [-0.2, -0.15) is 0 Å². The minimum Gasteiger partial charge on any atom is -0.465 e. The monoisotopic (exact) mass is 273 g/mol. The van der Waals surface area contributed by atoms with Crippen LogP contribution in [-0.4, -0.2) is 13.1 Å². The second kappa shape index (κ2) is 6.22. The highest BCUT2D eigenvalue weighted by Gasteiger charge is 2.11. The molecule has 0 bridgehead atoms. The molecule has 0 spiro atoms. The number of esters is 1. The van der Waals surface area contributed by atoms with E-state index in [2.05, 4.69) is 15.2 Å². The molecule has 1 rings (SSSR count). The molecule has 17 heavy (non-hydrogen) atoms. The van der Waals surface area contributed by atoms with Crippen LogP contribution in [0.25, 0.3) is 0 Å². The molecule has 0 aliphatic rings. The molecule has 0 atom stereocenters. The molecule has 0 fully saturated rings. The van der Waals surface area contributed by atoms with Crippen molar-refractivity contribution in [1.29, 1.82) is 5.53 Å². The summed E-state index contributed by atoms with van der Waals surface area (Å²) >= 11 is 11.3. The molecule has 0 heterocycles. The molecule has 0 aromatic heterocycles. The zero-order chi connectivity index (χ0) is 12.8. The Bertz CT molecular complexity index is 475. The number of carbonyl (C=O) groups excluding carboxylic acids is 1. The van der Waals surface area contributed by atoms with Gasteiger partial charge in [0.1, 0.15) is 0 Å². The Morgan fingerprint density at radius 1 is 1.59 bits per heavy atom. The Kier molecular flexibility index (Phi) is 4.93. The van der Waals surface area contributed by atoms with Gasteiger partial charge in [0, 0.05) is 11.2 Å². The Morgan fingerprint density at radius 3 is 2.88 bits per heavy atom. The number of methoxy groups -OCH3 is 1. The van der Waals surface area contributed by atoms with Crippen LogP contribution in [0, 0.1) is 5.53 Å². The van der Waals surface area contributed by atoms with E-state index in [4.69, 9.17) is 28.7 Å². The standard InChI is InChI=1S/C10H9Cl2N3O2/c1-17-10(16)7-4-6(11)2-3-8(7)14-5-9(12)15-13/h2-5,13-14H,1H3/b9-5-,15-13?. The summed E-state index contributed by atoms with van der Waals surface area (Å²) in [4.78, 5) is 11.5. The summed E-state index contributed by atoms with van der Waals surface area (Å²) in [5.41, 5.74) is 7.39. The van der Waals surface area contributed by atoms with E-state index in [-0.39, 0.29) is 10.7 Å². The molecule has 0 saturated heterocycles. The van der Waals surface area contributed by atoms with Gasteiger partial charge in [0.2, 0.25) is 0 Å². The zero-order valence-corrected chi connectivity index (χ0v) is 10.3. The first-order valence-corrected chi connectivity index (χ1v) is 5.21. The van der Waals surface area contributed by atoms with Gasteiger partial charge in [-0.05, 0) is 18.2 Å². The molecular formula is C10H9Cl2N3O2. The molecule has 0 saturated carbocycles. The van der Waals surface area contributed by atoms with E-state index >= 15 is 0 Å². The summed E-state index contributed by atoms with van der Waals surface area (Å²) in [6, 6.07) is 4.67. The number of nitrogens with one attached hydrogen (secondary N) is 2. The van der Waals surface area contributed by atoms with Gasteiger partial charge in [0.05, 0.1) is 18.4 Å². The summed E-state index contributed by atoms with van der Waals surface area (Å²) in [5, 5.41) is 6.09. The number of hydrogen-bond donors (Lipinski definition) is 2. The van der Waals surface area contributed by atoms with Gasteiger partial charge in [-0.3, -0.25) is 0 Å². The van der Waals surface area contributed by atoms with Gasteiger partial charge in [-0.25, -0.2) is 10.3 Å². The SMILES string of the molecule is COC(=O)c1cc(Cl)ccc1N/C=C(/Cl)N=N. The smallest absolute Gasteiger partial charge is 0.340 e. The molecule has 0 radical (unpaired) electrons. The molecule has 0 amide bonds. The normalized spacial score (nSPS) is 10.9. The fraction of sp³-hybridized carbons (Fsp3) is 0.100. The van der Waals surface area contributed by atoms with E-state index in [1.807, 2.05) is 0 Å². The maximum atomic E-state index is 11.5. The second-order valence-corrected chi connectivity index (χ2v) is 3.73. The lowest BCUT2D eigenvalue weighted by Gasteiger charge is -2.07. The number of anilines is 1. The largest absolute Gasteiger partial charge is 0.465 e. The fourth-order valence-corrected chi connectivity index (χ4v) is 1.32. The van der Waals surface area contributed by atoms with Gasteiger partial charge >= 0.3 is 5.97 Å². The molecule has 1 aromatic rings. The highest BCUT2D eigenvalue weighted by molar-refractivity contribution is 6.31. The number of benzene rings is 1. The topological polar surface area (TPSA) is 74.5 Å². The summed E-state index contributed by atoms with van der Waals surface area (Å²) in [7, 11) is 1.27. The first-order chi connectivity index (χ1) is 8.08. The van der Waals surface area contributed by atoms with Crippen molar-refractivity contribution >= 4 is 34.9 Å². The molecule has 0 aliphatic carbocycles. The van der Waals surface area contributed by atoms with Crippen LogP contribution < -0.4 is 5.32 Å². The van der Waals surface area contributed by atoms with Crippen molar-refractivity contribution in [2.24, 2.45) is 5.11 Å². The highest BCUT2D eigenvalue weighted by atomic mass is 35.5. The number of carbonyl (C=O) groups is 1. The van der Waals surface area contributed by atoms with Gasteiger partial charge in [0.15, 0.2) is 5.16 Å². The average Bonchev–Trinajstić information content (AvgIpc) is 2.35. The van der Waals surface area contributed by atoms with E-state index < -0.39 is 5.97 Å². The van der Waals surface area contributed by atoms with Crippen LogP contribution >= 0.6 is 23.2 Å². The van der Waals surface area contributed by atoms with E-state index in [0.29, 0.717) is 10.7 Å². The third kappa shape index (κ3) is 3.72. The van der Waals surface area contributed by atoms with Crippen LogP contribution in [0.5, 0.6) is 0 Å². The first kappa shape index (κ1) is 13.5. The Labute approximate surface area is 108 Å². The summed E-state index contributed by atoms with van der Waals surface area (Å²) in [5.74, 6) is -0.526. The number of hydrogen-bond acceptors (Lipinski definition) is 5. The van der Waals surface area contributed by atoms with Crippen molar-refractivity contribution in [1.82, 2.24) is 0 Å². The third-order valence-electron chi connectivity index (χ3n) is 1.84. The molecule has 5 nitrogen and oxygen atoms in total. The van der Waals surface area contributed by atoms with Crippen molar-refractivity contribution < 1.29 is 9.53 Å². The van der Waals surface area contributed by atoms with E-state index in [9.17, 15) is 4.79 Å². The maximum absolute atomic E-state index is 11.5. The maximum Gasteiger partial charge on any atom is 0.340 e. The molecule has 0 unspecified atom stereocenters. The van der Waals surface area contributed by atoms with Crippen molar-refractivity contribution in [3.8, 4) is 0 Å². The predicted octanol–water partition coefficient (Wildman–Crippen LogP) is 3.61. The zero-order valence-electron chi connectivity index (χ0n) is 8.83. The van der Waals surface area contributed by atoms with E-state index in [0.717, 1.165) is 0 Å². The average molecular weight is 274 g/mol. The van der Waals surface area contributed by atoms with Crippen LogP contribution in [0.1, 0.15) is 10.4 Å². The summed E-state index contributed by atoms with van der Waals surface area (Å²) in [6.07, 6.45) is 1.28. The molecule has 2 N–H and O–H groups in total. The lowest BCUT2D eigenvalue weighted by Crippen LogP contribution is -2.05. The number of halogens is 2. The Morgan fingerprint density at radius 2 is 2.29 bits per heavy atom. The fourth-order valence-electron chi connectivity index (χ4n) is 1.09. The van der Waals surface area contributed by atoms with Crippen LogP contribution in [-0.2, 0) is 4.74 Å². The van der Waals surface area contributed by atoms with Crippen molar-refractivity contribution in [2.45, 2.75) is 0 Å². The van der Waals surface area contributed by atoms with Gasteiger partial charge in [0.25, 0.3) is 0 Å². The van der Waals surface area contributed by atoms with Gasteiger partial charge in [-0.15, -0.1) is 5.11 Å². The number of nitrogens with zero attached hydrogens (tertiary/aromatic N) is 1. The molecule has 1 aromatic carbocycles. The molecule has 90 valence electrons. The Balaban J connectivity index is 3.06. The highest BCUT2D eigenvalue weighted by Crippen LogP contribution is 2.22. The summed E-state index contributed by atoms with van der Waals surface area (Å²) in [6.45, 7) is 0. The predicted molar refractivity (Wildman–Crippen MR) is 65.5 cm³/mol. The molecular weight excluding hydrogens is 265 g/mol. The van der Waals surface area contributed by atoms with Crippen molar-refractivity contribution in [2.75, 3.05) is 12.4 Å². The van der Waals surface area contributed by atoms with E-state index in [1.54, 1.807) is 12.1 Å². The van der Waals surface area contributed by atoms with Crippen molar-refractivity contribution in [3.63, 3.8) is 0 Å². The lowest BCUT2D eigenvalue weighted by molar-refractivity contribution is 0.0602. The van der Waals surface area contributed by atoms with Crippen LogP contribution in [0.2, 0.25) is 5.02 Å². The summed E-state index contributed by atoms with van der Waals surface area (Å²) < 4.78 is 4.61. The van der Waals surface area contributed by atoms with Crippen LogP contribution in [0.3, 0.4) is 0 Å². The van der Waals surface area contributed by atoms with Gasteiger partial charge < -0.3 is 10.1 Å². The third-order valence-corrected chi connectivity index (χ3v) is 2.27. The van der Waals surface area contributed by atoms with Crippen molar-refractivity contribution in [3.05, 3.63) is 40.1 Å². The van der Waals surface area contributed by atoms with E-state index in [1.165, 1.54) is 19.4 Å². The van der Waals surface area contributed by atoms with Gasteiger partial charge in [-0.1, -0.05) is 23.2 Å². The van der Waals surface area contributed by atoms with Crippen LogP contribution in [0.4, 0.5) is 5.69 Å². The first-order valence-electron chi connectivity index (χ1n) is 4.46. The minimum atomic E-state index is -0.526. The van der Waals surface area contributed by atoms with Crippen LogP contribution in [0.15, 0.2) is 34.7 Å². The number of ether oxygens (including phenoxy) is 1. The second-order valence-electron chi connectivity index (χ2n) is 2.90. The molecule has 7 heteroatoms. The minimum absolute atomic E-state index is 0.0456.